The van der Waals surface area contributed by atoms with E-state index in [0.717, 1.165) is 4.88 Å². The molecule has 25 heavy (non-hydrogen) atoms. The first-order chi connectivity index (χ1) is 12.2. The van der Waals surface area contributed by atoms with Gasteiger partial charge in [-0.25, -0.2) is 14.2 Å². The number of carbonyl (C=O) groups excluding carboxylic acids is 1. The lowest BCUT2D eigenvalue weighted by Crippen LogP contribution is -2.34. The Morgan fingerprint density at radius 3 is 2.80 bits per heavy atom. The maximum atomic E-state index is 13.3. The number of benzene rings is 1. The van der Waals surface area contributed by atoms with Crippen LogP contribution in [-0.2, 0) is 13.1 Å². The monoisotopic (exact) mass is 357 g/mol. The average molecular weight is 357 g/mol. The van der Waals surface area contributed by atoms with Gasteiger partial charge in [-0.2, -0.15) is 0 Å². The fourth-order valence-electron chi connectivity index (χ4n) is 2.11. The van der Waals surface area contributed by atoms with Crippen LogP contribution in [0.15, 0.2) is 60.1 Å². The van der Waals surface area contributed by atoms with E-state index in [1.165, 1.54) is 12.1 Å². The maximum absolute atomic E-state index is 13.3. The van der Waals surface area contributed by atoms with E-state index < -0.39 is 0 Å². The summed E-state index contributed by atoms with van der Waals surface area (Å²) in [5.41, 5.74) is 0.693. The fraction of sp³-hybridized carbons (Fsp3) is 0.111. The third kappa shape index (κ3) is 5.02. The number of thiophene rings is 1. The van der Waals surface area contributed by atoms with Crippen LogP contribution in [0.5, 0.6) is 11.6 Å². The maximum Gasteiger partial charge on any atom is 0.315 e. The van der Waals surface area contributed by atoms with Crippen LogP contribution in [0.1, 0.15) is 10.4 Å². The van der Waals surface area contributed by atoms with Crippen LogP contribution in [-0.4, -0.2) is 11.0 Å². The van der Waals surface area contributed by atoms with Crippen molar-refractivity contribution in [1.29, 1.82) is 0 Å². The molecular weight excluding hydrogens is 341 g/mol. The number of rotatable bonds is 6. The molecule has 2 N–H and O–H groups in total. The molecule has 2 aromatic heterocycles. The first-order valence-electron chi connectivity index (χ1n) is 7.62. The number of amides is 2. The summed E-state index contributed by atoms with van der Waals surface area (Å²) in [6.45, 7) is 0.720. The Balaban J connectivity index is 1.58. The fourth-order valence-corrected chi connectivity index (χ4v) is 2.76. The second kappa shape index (κ2) is 8.25. The minimum Gasteiger partial charge on any atom is -0.439 e. The van der Waals surface area contributed by atoms with Crippen LogP contribution in [0, 0.1) is 5.82 Å². The van der Waals surface area contributed by atoms with Gasteiger partial charge in [-0.05, 0) is 29.6 Å². The highest BCUT2D eigenvalue weighted by Crippen LogP contribution is 2.23. The van der Waals surface area contributed by atoms with Gasteiger partial charge >= 0.3 is 6.03 Å². The molecule has 0 spiro atoms. The first kappa shape index (κ1) is 16.9. The van der Waals surface area contributed by atoms with Crippen molar-refractivity contribution >= 4 is 17.4 Å². The second-order valence-corrected chi connectivity index (χ2v) is 6.17. The quantitative estimate of drug-likeness (QED) is 0.699. The number of carbonyl (C=O) groups is 1. The number of halogens is 1. The molecule has 3 aromatic rings. The Morgan fingerprint density at radius 2 is 2.00 bits per heavy atom. The molecule has 2 heterocycles. The van der Waals surface area contributed by atoms with Gasteiger partial charge in [-0.1, -0.05) is 18.2 Å². The second-order valence-electron chi connectivity index (χ2n) is 5.14. The van der Waals surface area contributed by atoms with Crippen molar-refractivity contribution in [2.45, 2.75) is 13.1 Å². The zero-order chi connectivity index (χ0) is 17.5. The summed E-state index contributed by atoms with van der Waals surface area (Å²) in [4.78, 5) is 17.1. The molecule has 0 fully saturated rings. The van der Waals surface area contributed by atoms with E-state index in [4.69, 9.17) is 4.74 Å². The summed E-state index contributed by atoms with van der Waals surface area (Å²) >= 11 is 1.58. The number of hydrogen-bond acceptors (Lipinski definition) is 4. The summed E-state index contributed by atoms with van der Waals surface area (Å²) in [7, 11) is 0. The van der Waals surface area contributed by atoms with E-state index in [1.807, 2.05) is 17.5 Å². The Labute approximate surface area is 148 Å². The van der Waals surface area contributed by atoms with Gasteiger partial charge in [0.1, 0.15) is 11.6 Å². The zero-order valence-electron chi connectivity index (χ0n) is 13.2. The van der Waals surface area contributed by atoms with Gasteiger partial charge in [0, 0.05) is 29.2 Å². The molecule has 0 saturated heterocycles. The smallest absolute Gasteiger partial charge is 0.315 e. The number of nitrogens with one attached hydrogen (secondary N) is 2. The molecule has 0 radical (unpaired) electrons. The van der Waals surface area contributed by atoms with Crippen molar-refractivity contribution in [2.75, 3.05) is 0 Å². The minimum absolute atomic E-state index is 0.245. The van der Waals surface area contributed by atoms with Crippen molar-refractivity contribution in [3.63, 3.8) is 0 Å². The molecule has 0 saturated carbocycles. The highest BCUT2D eigenvalue weighted by Gasteiger charge is 2.08. The summed E-state index contributed by atoms with van der Waals surface area (Å²) in [5.74, 6) is 0.287. The number of hydrogen-bond donors (Lipinski definition) is 2. The normalized spacial score (nSPS) is 10.3. The number of nitrogens with zero attached hydrogens (tertiary/aromatic N) is 1. The molecule has 0 aliphatic rings. The van der Waals surface area contributed by atoms with Crippen molar-refractivity contribution in [2.24, 2.45) is 0 Å². The predicted octanol–water partition coefficient (Wildman–Crippen LogP) is 4.07. The molecule has 0 unspecified atom stereocenters. The van der Waals surface area contributed by atoms with Crippen LogP contribution >= 0.6 is 11.3 Å². The van der Waals surface area contributed by atoms with Gasteiger partial charge < -0.3 is 15.4 Å². The first-order valence-corrected chi connectivity index (χ1v) is 8.50. The third-order valence-corrected chi connectivity index (χ3v) is 4.18. The van der Waals surface area contributed by atoms with Crippen LogP contribution < -0.4 is 15.4 Å². The molecule has 1 aromatic carbocycles. The molecule has 3 rings (SSSR count). The van der Waals surface area contributed by atoms with Crippen LogP contribution in [0.2, 0.25) is 0 Å². The summed E-state index contributed by atoms with van der Waals surface area (Å²) < 4.78 is 18.9. The van der Waals surface area contributed by atoms with Gasteiger partial charge in [0.05, 0.1) is 6.54 Å². The molecule has 5 nitrogen and oxygen atoms in total. The lowest BCUT2D eigenvalue weighted by Gasteiger charge is -2.11. The van der Waals surface area contributed by atoms with Gasteiger partial charge in [-0.3, -0.25) is 0 Å². The van der Waals surface area contributed by atoms with Crippen molar-refractivity contribution < 1.29 is 13.9 Å². The van der Waals surface area contributed by atoms with E-state index in [-0.39, 0.29) is 18.4 Å². The molecule has 0 bridgehead atoms. The largest absolute Gasteiger partial charge is 0.439 e. The van der Waals surface area contributed by atoms with Gasteiger partial charge in [0.15, 0.2) is 0 Å². The van der Waals surface area contributed by atoms with E-state index in [2.05, 4.69) is 15.6 Å². The Hall–Kier alpha value is -2.93. The van der Waals surface area contributed by atoms with E-state index >= 15 is 0 Å². The topological polar surface area (TPSA) is 63.2 Å². The van der Waals surface area contributed by atoms with E-state index in [0.29, 0.717) is 23.7 Å². The number of ether oxygens (including phenoxy) is 1. The summed E-state index contributed by atoms with van der Waals surface area (Å²) in [6, 6.07) is 13.0. The molecular formula is C18H16FN3O2S. The highest BCUT2D eigenvalue weighted by molar-refractivity contribution is 7.09. The van der Waals surface area contributed by atoms with Crippen molar-refractivity contribution in [1.82, 2.24) is 15.6 Å². The lowest BCUT2D eigenvalue weighted by atomic mass is 10.2. The van der Waals surface area contributed by atoms with Gasteiger partial charge in [-0.15, -0.1) is 11.3 Å². The molecule has 0 atom stereocenters. The average Bonchev–Trinajstić information content (AvgIpc) is 3.13. The highest BCUT2D eigenvalue weighted by atomic mass is 32.1. The molecule has 0 aliphatic carbocycles. The Kier molecular flexibility index (Phi) is 5.58. The Bertz CT molecular complexity index is 840. The molecule has 7 heteroatoms. The molecule has 2 amide bonds. The Morgan fingerprint density at radius 1 is 1.12 bits per heavy atom. The summed E-state index contributed by atoms with van der Waals surface area (Å²) in [6.07, 6.45) is 1.58. The SMILES string of the molecule is O=C(NCc1cccs1)NCc1cccnc1Oc1cccc(F)c1. The zero-order valence-corrected chi connectivity index (χ0v) is 14.1. The lowest BCUT2D eigenvalue weighted by molar-refractivity contribution is 0.240. The predicted molar refractivity (Wildman–Crippen MR) is 94.1 cm³/mol. The summed E-state index contributed by atoms with van der Waals surface area (Å²) in [5, 5.41) is 7.50. The molecule has 128 valence electrons. The van der Waals surface area contributed by atoms with Crippen molar-refractivity contribution in [3.8, 4) is 11.6 Å². The standard InChI is InChI=1S/C18H16FN3O2S/c19-14-5-1-6-15(10-14)24-17-13(4-2-8-20-17)11-21-18(23)22-12-16-7-3-9-25-16/h1-10H,11-12H2,(H2,21,22,23). The van der Waals surface area contributed by atoms with Gasteiger partial charge in [0.25, 0.3) is 0 Å². The number of pyridine rings is 1. The van der Waals surface area contributed by atoms with Crippen LogP contribution in [0.3, 0.4) is 0 Å². The number of aromatic nitrogens is 1. The van der Waals surface area contributed by atoms with Crippen molar-refractivity contribution in [3.05, 3.63) is 76.4 Å². The third-order valence-electron chi connectivity index (χ3n) is 3.30. The van der Waals surface area contributed by atoms with Gasteiger partial charge in [0.2, 0.25) is 5.88 Å². The van der Waals surface area contributed by atoms with Crippen LogP contribution in [0.4, 0.5) is 9.18 Å². The minimum atomic E-state index is -0.388. The van der Waals surface area contributed by atoms with E-state index in [1.54, 1.807) is 41.8 Å². The van der Waals surface area contributed by atoms with Crippen LogP contribution in [0.25, 0.3) is 0 Å². The molecule has 0 aliphatic heterocycles. The van der Waals surface area contributed by atoms with E-state index in [9.17, 15) is 9.18 Å². The number of urea groups is 1.